The summed E-state index contributed by atoms with van der Waals surface area (Å²) in [4.78, 5) is 0. The van der Waals surface area contributed by atoms with Crippen LogP contribution in [0.5, 0.6) is 0 Å². The molecule has 0 bridgehead atoms. The van der Waals surface area contributed by atoms with Crippen LogP contribution in [0.25, 0.3) is 45.4 Å². The van der Waals surface area contributed by atoms with Crippen LogP contribution in [0.1, 0.15) is 11.3 Å². The largest absolute Gasteiger partial charge is 0.738 e. The van der Waals surface area contributed by atoms with Gasteiger partial charge in [-0.15, -0.1) is 0 Å². The van der Waals surface area contributed by atoms with Crippen LogP contribution in [0.2, 0.25) is 0 Å². The van der Waals surface area contributed by atoms with Gasteiger partial charge in [0.2, 0.25) is 5.36 Å². The summed E-state index contributed by atoms with van der Waals surface area (Å²) < 4.78 is 88.8. The Bertz CT molecular complexity index is 2220. The molecular weight excluding hydrogens is 538 g/mol. The molecule has 2 aliphatic rings. The number of furan rings is 2. The van der Waals surface area contributed by atoms with Crippen molar-refractivity contribution in [2.75, 3.05) is 0 Å². The second-order valence-electron chi connectivity index (χ2n) is 10.0. The summed E-state index contributed by atoms with van der Waals surface area (Å²) >= 11 is 0. The van der Waals surface area contributed by atoms with Crippen molar-refractivity contribution in [3.63, 3.8) is 0 Å². The maximum atomic E-state index is 16.7. The number of hydrogen-bond acceptors (Lipinski definition) is 2. The second-order valence-corrected chi connectivity index (χ2v) is 10.0. The Morgan fingerprint density at radius 2 is 1.32 bits per heavy atom. The molecule has 8 rings (SSSR count). The number of fused-ring (bicyclic) bond motifs is 5. The van der Waals surface area contributed by atoms with Crippen molar-refractivity contribution in [3.05, 3.63) is 136 Å². The third-order valence-electron chi connectivity index (χ3n) is 7.54. The molecule has 0 atom stereocenters. The number of rotatable bonds is 3. The second kappa shape index (κ2) is 8.20. The van der Waals surface area contributed by atoms with Gasteiger partial charge in [-0.1, -0.05) is 36.4 Å². The van der Waals surface area contributed by atoms with Crippen molar-refractivity contribution in [2.24, 2.45) is 0 Å². The van der Waals surface area contributed by atoms with E-state index in [4.69, 9.17) is 8.83 Å². The molecule has 3 aromatic heterocycles. The van der Waals surface area contributed by atoms with Crippen LogP contribution in [-0.2, 0) is 0 Å². The number of nitrogens with zero attached hydrogens (tertiary/aromatic N) is 2. The zero-order chi connectivity index (χ0) is 28.0. The molecule has 3 aromatic carbocycles. The van der Waals surface area contributed by atoms with Gasteiger partial charge in [0.05, 0.1) is 23.2 Å². The van der Waals surface area contributed by atoms with E-state index in [1.165, 1.54) is 84.9 Å². The minimum Gasteiger partial charge on any atom is -0.455 e. The van der Waals surface area contributed by atoms with Gasteiger partial charge in [-0.3, -0.25) is 0 Å². The fraction of sp³-hybridized carbons (Fsp3) is 0. The van der Waals surface area contributed by atoms with Crippen molar-refractivity contribution >= 4 is 29.7 Å². The lowest BCUT2D eigenvalue weighted by atomic mass is 9.86. The predicted molar refractivity (Wildman–Crippen MR) is 144 cm³/mol. The van der Waals surface area contributed by atoms with Crippen LogP contribution in [0.15, 0.2) is 106 Å². The number of halogens is 5. The lowest BCUT2D eigenvalue weighted by molar-refractivity contribution is 0.513. The molecule has 0 unspecified atom stereocenters. The van der Waals surface area contributed by atoms with E-state index < -0.39 is 24.4 Å². The first kappa shape index (κ1) is 23.7. The zero-order valence-electron chi connectivity index (χ0n) is 20.9. The van der Waals surface area contributed by atoms with E-state index in [9.17, 15) is 13.2 Å². The Balaban J connectivity index is 1.42. The average Bonchev–Trinajstić information content (AvgIpc) is 3.68. The molecule has 10 heteroatoms. The van der Waals surface area contributed by atoms with Gasteiger partial charge in [-0.25, -0.2) is 13.2 Å². The topological polar surface area (TPSA) is 34.2 Å². The first-order valence-electron chi connectivity index (χ1n) is 12.8. The van der Waals surface area contributed by atoms with E-state index in [0.717, 1.165) is 8.96 Å². The molecule has 0 saturated carbocycles. The van der Waals surface area contributed by atoms with Gasteiger partial charge in [0.25, 0.3) is 0 Å². The molecule has 5 heterocycles. The van der Waals surface area contributed by atoms with Crippen LogP contribution < -0.4 is 15.3 Å². The van der Waals surface area contributed by atoms with Crippen LogP contribution in [0.4, 0.5) is 21.8 Å². The summed E-state index contributed by atoms with van der Waals surface area (Å²) in [5, 5.41) is 0.116. The van der Waals surface area contributed by atoms with Crippen molar-refractivity contribution in [3.8, 4) is 22.6 Å². The van der Waals surface area contributed by atoms with Crippen LogP contribution >= 0.6 is 0 Å². The smallest absolute Gasteiger partial charge is 0.455 e. The van der Waals surface area contributed by atoms with Gasteiger partial charge in [0, 0.05) is 29.0 Å². The maximum absolute atomic E-state index is 16.7. The standard InChI is InChI=1S/C31H16BF5N2O2/c33-20-9-7-17(8-10-20)31-25-15-29-23(13-27(40-29)18-3-1-5-21(34)11-18)38(25)32(36,37)39-24-14-28(41-30(24)16-26(31)39)19-4-2-6-22(35)12-19/h1-16H. The third kappa shape index (κ3) is 3.43. The summed E-state index contributed by atoms with van der Waals surface area (Å²) in [6.07, 6.45) is 1.52. The van der Waals surface area contributed by atoms with Crippen LogP contribution in [-0.4, -0.2) is 11.4 Å². The highest BCUT2D eigenvalue weighted by molar-refractivity contribution is 6.65. The highest BCUT2D eigenvalue weighted by Gasteiger charge is 2.54. The monoisotopic (exact) mass is 554 g/mol. The van der Waals surface area contributed by atoms with Gasteiger partial charge in [0.15, 0.2) is 11.1 Å². The van der Waals surface area contributed by atoms with Gasteiger partial charge < -0.3 is 26.4 Å². The minimum atomic E-state index is -4.51. The Kier molecular flexibility index (Phi) is 4.75. The van der Waals surface area contributed by atoms with Crippen LogP contribution in [0.3, 0.4) is 0 Å². The molecule has 0 radical (unpaired) electrons. The van der Waals surface area contributed by atoms with Gasteiger partial charge in [-0.2, -0.15) is 0 Å². The number of aromatic nitrogens is 1. The molecule has 6 aromatic rings. The summed E-state index contributed by atoms with van der Waals surface area (Å²) in [6.45, 7) is -4.51. The summed E-state index contributed by atoms with van der Waals surface area (Å²) in [7, 11) is 0. The molecule has 0 fully saturated rings. The van der Waals surface area contributed by atoms with E-state index >= 15 is 8.63 Å². The van der Waals surface area contributed by atoms with Gasteiger partial charge in [-0.05, 0) is 42.0 Å². The molecule has 41 heavy (non-hydrogen) atoms. The highest BCUT2D eigenvalue weighted by atomic mass is 19.2. The molecule has 200 valence electrons. The van der Waals surface area contributed by atoms with E-state index in [0.29, 0.717) is 22.3 Å². The Morgan fingerprint density at radius 3 is 1.98 bits per heavy atom. The van der Waals surface area contributed by atoms with Crippen molar-refractivity contribution in [2.45, 2.75) is 0 Å². The highest BCUT2D eigenvalue weighted by Crippen LogP contribution is 2.42. The van der Waals surface area contributed by atoms with E-state index in [2.05, 4.69) is 0 Å². The van der Waals surface area contributed by atoms with Crippen molar-refractivity contribution in [1.82, 2.24) is 8.96 Å². The zero-order valence-corrected chi connectivity index (χ0v) is 20.9. The fourth-order valence-electron chi connectivity index (χ4n) is 5.80. The van der Waals surface area contributed by atoms with Crippen molar-refractivity contribution < 1.29 is 30.6 Å². The number of benzene rings is 3. The maximum Gasteiger partial charge on any atom is 0.738 e. The number of hydrogen-bond donors (Lipinski definition) is 0. The summed E-state index contributed by atoms with van der Waals surface area (Å²) in [5.41, 5.74) is 2.60. The lowest BCUT2D eigenvalue weighted by Gasteiger charge is -2.31. The molecular formula is C31H16BF5N2O2. The Labute approximate surface area is 228 Å². The predicted octanol–water partition coefficient (Wildman–Crippen LogP) is 6.56. The lowest BCUT2D eigenvalue weighted by Crippen LogP contribution is -2.56. The van der Waals surface area contributed by atoms with E-state index in [1.807, 2.05) is 0 Å². The molecule has 4 nitrogen and oxygen atoms in total. The molecule has 2 aliphatic heterocycles. The van der Waals surface area contributed by atoms with Gasteiger partial charge >= 0.3 is 6.97 Å². The molecule has 0 amide bonds. The molecule has 0 spiro atoms. The normalized spacial score (nSPS) is 15.2. The SMILES string of the molecule is Fc1ccc(C2=C3C=c4oc(-c5cccc(F)c5)cc4=[N+]3[B-](F)(F)n3c2cc2oc(-c4cccc(F)c4)cc23)cc1. The Hall–Kier alpha value is -5.12. The van der Waals surface area contributed by atoms with E-state index in [-0.39, 0.29) is 44.8 Å². The summed E-state index contributed by atoms with van der Waals surface area (Å²) in [5.74, 6) is -0.960. The average molecular weight is 554 g/mol. The Morgan fingerprint density at radius 1 is 0.659 bits per heavy atom. The van der Waals surface area contributed by atoms with Crippen molar-refractivity contribution in [1.29, 1.82) is 0 Å². The first-order chi connectivity index (χ1) is 19.8. The fourth-order valence-corrected chi connectivity index (χ4v) is 5.80. The summed E-state index contributed by atoms with van der Waals surface area (Å²) in [6, 6.07) is 21.4. The molecule has 0 N–H and O–H groups in total. The molecule has 0 aliphatic carbocycles. The third-order valence-corrected chi connectivity index (χ3v) is 7.54. The first-order valence-corrected chi connectivity index (χ1v) is 12.8. The van der Waals surface area contributed by atoms with Gasteiger partial charge in [0.1, 0.15) is 34.6 Å². The quantitative estimate of drug-likeness (QED) is 0.184. The van der Waals surface area contributed by atoms with Crippen LogP contribution in [0, 0.1) is 17.5 Å². The number of allylic oxidation sites excluding steroid dienone is 1. The van der Waals surface area contributed by atoms with E-state index in [1.54, 1.807) is 12.1 Å². The minimum absolute atomic E-state index is 0.116. The molecule has 0 saturated heterocycles.